The van der Waals surface area contributed by atoms with Crippen LogP contribution in [-0.2, 0) is 5.60 Å². The molecule has 24 heavy (non-hydrogen) atoms. The molecule has 2 aromatic rings. The van der Waals surface area contributed by atoms with E-state index in [9.17, 15) is 9.90 Å². The van der Waals surface area contributed by atoms with Crippen molar-refractivity contribution in [2.45, 2.75) is 18.4 Å². The highest BCUT2D eigenvalue weighted by atomic mass is 79.9. The van der Waals surface area contributed by atoms with E-state index >= 15 is 0 Å². The van der Waals surface area contributed by atoms with E-state index in [1.54, 1.807) is 29.2 Å². The standard InChI is InChI=1S/C18H18BrClN2O2/c19-14-3-1-13(2-4-14)18(24)9-11-22(12-10-18)17(23)21-16-7-5-15(20)6-8-16/h1-8,24H,9-12H2,(H,21,23). The molecule has 0 unspecified atom stereocenters. The Morgan fingerprint density at radius 1 is 1.08 bits per heavy atom. The third-order valence-electron chi connectivity index (χ3n) is 4.35. The van der Waals surface area contributed by atoms with Gasteiger partial charge in [0.2, 0.25) is 0 Å². The molecule has 4 nitrogen and oxygen atoms in total. The van der Waals surface area contributed by atoms with Gasteiger partial charge in [-0.3, -0.25) is 0 Å². The van der Waals surface area contributed by atoms with Crippen molar-refractivity contribution < 1.29 is 9.90 Å². The van der Waals surface area contributed by atoms with Gasteiger partial charge < -0.3 is 15.3 Å². The van der Waals surface area contributed by atoms with Crippen molar-refractivity contribution in [3.05, 3.63) is 63.6 Å². The molecule has 3 rings (SSSR count). The van der Waals surface area contributed by atoms with Crippen LogP contribution < -0.4 is 5.32 Å². The Kier molecular flexibility index (Phi) is 5.13. The first kappa shape index (κ1) is 17.3. The molecule has 2 aromatic carbocycles. The van der Waals surface area contributed by atoms with Crippen molar-refractivity contribution in [2.75, 3.05) is 18.4 Å². The fourth-order valence-corrected chi connectivity index (χ4v) is 3.25. The average Bonchev–Trinajstić information content (AvgIpc) is 2.58. The molecule has 0 atom stereocenters. The number of carbonyl (C=O) groups excluding carboxylic acids is 1. The van der Waals surface area contributed by atoms with Gasteiger partial charge in [0.1, 0.15) is 0 Å². The van der Waals surface area contributed by atoms with Crippen molar-refractivity contribution in [3.63, 3.8) is 0 Å². The average molecular weight is 410 g/mol. The number of halogens is 2. The number of nitrogens with zero attached hydrogens (tertiary/aromatic N) is 1. The Balaban J connectivity index is 1.60. The minimum Gasteiger partial charge on any atom is -0.385 e. The lowest BCUT2D eigenvalue weighted by atomic mass is 9.84. The van der Waals surface area contributed by atoms with Crippen molar-refractivity contribution in [3.8, 4) is 0 Å². The summed E-state index contributed by atoms with van der Waals surface area (Å²) in [5.74, 6) is 0. The highest BCUT2D eigenvalue weighted by Crippen LogP contribution is 2.33. The Hall–Kier alpha value is -1.56. The number of hydrogen-bond donors (Lipinski definition) is 2. The summed E-state index contributed by atoms with van der Waals surface area (Å²) in [6, 6.07) is 14.5. The van der Waals surface area contributed by atoms with E-state index in [2.05, 4.69) is 21.2 Å². The van der Waals surface area contributed by atoms with E-state index in [1.807, 2.05) is 24.3 Å². The van der Waals surface area contributed by atoms with Gasteiger partial charge in [-0.2, -0.15) is 0 Å². The van der Waals surface area contributed by atoms with E-state index in [4.69, 9.17) is 11.6 Å². The third kappa shape index (κ3) is 3.91. The summed E-state index contributed by atoms with van der Waals surface area (Å²) in [5.41, 5.74) is 0.721. The maximum Gasteiger partial charge on any atom is 0.321 e. The van der Waals surface area contributed by atoms with Crippen LogP contribution in [0.1, 0.15) is 18.4 Å². The van der Waals surface area contributed by atoms with Gasteiger partial charge >= 0.3 is 6.03 Å². The Morgan fingerprint density at radius 2 is 1.67 bits per heavy atom. The molecule has 0 aromatic heterocycles. The number of aliphatic hydroxyl groups is 1. The van der Waals surface area contributed by atoms with Crippen molar-refractivity contribution in [1.82, 2.24) is 4.90 Å². The van der Waals surface area contributed by atoms with Gasteiger partial charge in [0.15, 0.2) is 0 Å². The van der Waals surface area contributed by atoms with E-state index in [1.165, 1.54) is 0 Å². The second-order valence-electron chi connectivity index (χ2n) is 5.96. The Bertz CT molecular complexity index is 711. The molecule has 1 fully saturated rings. The molecule has 1 saturated heterocycles. The fraction of sp³-hybridized carbons (Fsp3) is 0.278. The van der Waals surface area contributed by atoms with Crippen LogP contribution in [-0.4, -0.2) is 29.1 Å². The zero-order valence-electron chi connectivity index (χ0n) is 13.0. The lowest BCUT2D eigenvalue weighted by Crippen LogP contribution is -2.46. The molecule has 1 heterocycles. The predicted molar refractivity (Wildman–Crippen MR) is 99.3 cm³/mol. The first-order chi connectivity index (χ1) is 11.5. The SMILES string of the molecule is O=C(Nc1ccc(Cl)cc1)N1CCC(O)(c2ccc(Br)cc2)CC1. The molecule has 1 aliphatic rings. The zero-order chi connectivity index (χ0) is 17.2. The summed E-state index contributed by atoms with van der Waals surface area (Å²) in [5, 5.41) is 14.3. The van der Waals surface area contributed by atoms with Gasteiger partial charge in [0.05, 0.1) is 5.60 Å². The molecule has 0 aliphatic carbocycles. The molecule has 126 valence electrons. The number of hydrogen-bond acceptors (Lipinski definition) is 2. The molecule has 0 spiro atoms. The number of benzene rings is 2. The first-order valence-corrected chi connectivity index (χ1v) is 8.93. The van der Waals surface area contributed by atoms with E-state index < -0.39 is 5.60 Å². The molecule has 0 radical (unpaired) electrons. The zero-order valence-corrected chi connectivity index (χ0v) is 15.3. The highest BCUT2D eigenvalue weighted by molar-refractivity contribution is 9.10. The number of nitrogens with one attached hydrogen (secondary N) is 1. The van der Waals surface area contributed by atoms with Gasteiger partial charge in [-0.1, -0.05) is 39.7 Å². The molecular formula is C18H18BrClN2O2. The number of anilines is 1. The predicted octanol–water partition coefficient (Wildman–Crippen LogP) is 4.62. The van der Waals surface area contributed by atoms with Crippen LogP contribution in [0.25, 0.3) is 0 Å². The lowest BCUT2D eigenvalue weighted by Gasteiger charge is -2.38. The normalized spacial score (nSPS) is 16.7. The molecule has 2 amide bonds. The highest BCUT2D eigenvalue weighted by Gasteiger charge is 2.35. The molecule has 0 bridgehead atoms. The molecule has 0 saturated carbocycles. The maximum atomic E-state index is 12.3. The largest absolute Gasteiger partial charge is 0.385 e. The quantitative estimate of drug-likeness (QED) is 0.760. The van der Waals surface area contributed by atoms with Crippen LogP contribution in [0.15, 0.2) is 53.0 Å². The summed E-state index contributed by atoms with van der Waals surface area (Å²) in [6.45, 7) is 1.01. The molecule has 1 aliphatic heterocycles. The minimum atomic E-state index is -0.877. The van der Waals surface area contributed by atoms with Crippen LogP contribution >= 0.6 is 27.5 Å². The van der Waals surface area contributed by atoms with Crippen LogP contribution in [0.5, 0.6) is 0 Å². The summed E-state index contributed by atoms with van der Waals surface area (Å²) in [6.07, 6.45) is 1.03. The number of rotatable bonds is 2. The van der Waals surface area contributed by atoms with Gasteiger partial charge in [-0.05, 0) is 54.8 Å². The summed E-state index contributed by atoms with van der Waals surface area (Å²) < 4.78 is 0.981. The molecule has 6 heteroatoms. The number of amides is 2. The van der Waals surface area contributed by atoms with Gasteiger partial charge in [-0.25, -0.2) is 4.79 Å². The van der Waals surface area contributed by atoms with Crippen LogP contribution in [0.3, 0.4) is 0 Å². The lowest BCUT2D eigenvalue weighted by molar-refractivity contribution is -0.0157. The monoisotopic (exact) mass is 408 g/mol. The van der Waals surface area contributed by atoms with Crippen molar-refractivity contribution >= 4 is 39.2 Å². The Morgan fingerprint density at radius 3 is 2.25 bits per heavy atom. The fourth-order valence-electron chi connectivity index (χ4n) is 2.86. The van der Waals surface area contributed by atoms with Gasteiger partial charge in [0, 0.05) is 28.3 Å². The summed E-state index contributed by atoms with van der Waals surface area (Å²) in [7, 11) is 0. The van der Waals surface area contributed by atoms with Crippen molar-refractivity contribution in [1.29, 1.82) is 0 Å². The topological polar surface area (TPSA) is 52.6 Å². The van der Waals surface area contributed by atoms with Gasteiger partial charge in [0.25, 0.3) is 0 Å². The van der Waals surface area contributed by atoms with E-state index in [0.29, 0.717) is 36.6 Å². The Labute approximate surface area is 154 Å². The van der Waals surface area contributed by atoms with Gasteiger partial charge in [-0.15, -0.1) is 0 Å². The van der Waals surface area contributed by atoms with E-state index in [0.717, 1.165) is 10.0 Å². The van der Waals surface area contributed by atoms with E-state index in [-0.39, 0.29) is 6.03 Å². The maximum absolute atomic E-state index is 12.3. The smallest absolute Gasteiger partial charge is 0.321 e. The minimum absolute atomic E-state index is 0.157. The first-order valence-electron chi connectivity index (χ1n) is 7.76. The summed E-state index contributed by atoms with van der Waals surface area (Å²) >= 11 is 9.24. The summed E-state index contributed by atoms with van der Waals surface area (Å²) in [4.78, 5) is 14.1. The van der Waals surface area contributed by atoms with Crippen LogP contribution in [0, 0.1) is 0 Å². The number of likely N-dealkylation sites (tertiary alicyclic amines) is 1. The number of piperidine rings is 1. The third-order valence-corrected chi connectivity index (χ3v) is 5.14. The second-order valence-corrected chi connectivity index (χ2v) is 7.31. The molecule has 2 N–H and O–H groups in total. The van der Waals surface area contributed by atoms with Crippen LogP contribution in [0.2, 0.25) is 5.02 Å². The van der Waals surface area contributed by atoms with Crippen molar-refractivity contribution in [2.24, 2.45) is 0 Å². The number of urea groups is 1. The molecular weight excluding hydrogens is 392 g/mol. The number of carbonyl (C=O) groups is 1. The second kappa shape index (κ2) is 7.13. The van der Waals surface area contributed by atoms with Crippen LogP contribution in [0.4, 0.5) is 10.5 Å².